The van der Waals surface area contributed by atoms with Gasteiger partial charge in [0.2, 0.25) is 0 Å². The summed E-state index contributed by atoms with van der Waals surface area (Å²) in [5.74, 6) is -0.416. The summed E-state index contributed by atoms with van der Waals surface area (Å²) in [7, 11) is 0. The lowest BCUT2D eigenvalue weighted by atomic mass is 10.0. The Hall–Kier alpha value is -0.310. The van der Waals surface area contributed by atoms with Crippen LogP contribution in [0.5, 0.6) is 0 Å². The SMILES string of the molecule is CC(CN)c1cc(F)c(Cl)cc1Cl. The zero-order chi connectivity index (χ0) is 10.0. The van der Waals surface area contributed by atoms with Crippen LogP contribution in [0.25, 0.3) is 0 Å². The monoisotopic (exact) mass is 221 g/mol. The predicted octanol–water partition coefficient (Wildman–Crippen LogP) is 3.19. The van der Waals surface area contributed by atoms with E-state index in [-0.39, 0.29) is 10.9 Å². The molecule has 0 radical (unpaired) electrons. The number of nitrogens with two attached hydrogens (primary N) is 1. The fraction of sp³-hybridized carbons (Fsp3) is 0.333. The Bertz CT molecular complexity index is 315. The van der Waals surface area contributed by atoms with Crippen molar-refractivity contribution in [1.29, 1.82) is 0 Å². The Morgan fingerprint density at radius 3 is 2.54 bits per heavy atom. The first-order chi connectivity index (χ1) is 6.06. The third-order valence-electron chi connectivity index (χ3n) is 1.92. The summed E-state index contributed by atoms with van der Waals surface area (Å²) < 4.78 is 13.0. The van der Waals surface area contributed by atoms with E-state index in [0.717, 1.165) is 0 Å². The second-order valence-electron chi connectivity index (χ2n) is 2.92. The summed E-state index contributed by atoms with van der Waals surface area (Å²) in [6, 6.07) is 2.74. The molecule has 0 amide bonds. The van der Waals surface area contributed by atoms with Crippen molar-refractivity contribution in [3.8, 4) is 0 Å². The van der Waals surface area contributed by atoms with Gasteiger partial charge in [-0.3, -0.25) is 0 Å². The molecule has 0 spiro atoms. The Morgan fingerprint density at radius 1 is 1.38 bits per heavy atom. The fourth-order valence-electron chi connectivity index (χ4n) is 1.04. The molecule has 0 saturated heterocycles. The van der Waals surface area contributed by atoms with Gasteiger partial charge in [-0.1, -0.05) is 30.1 Å². The van der Waals surface area contributed by atoms with Crippen LogP contribution in [0.3, 0.4) is 0 Å². The molecule has 2 N–H and O–H groups in total. The molecule has 0 bridgehead atoms. The van der Waals surface area contributed by atoms with Gasteiger partial charge in [-0.2, -0.15) is 0 Å². The van der Waals surface area contributed by atoms with Gasteiger partial charge in [0.1, 0.15) is 5.82 Å². The highest BCUT2D eigenvalue weighted by molar-refractivity contribution is 6.35. The Morgan fingerprint density at radius 2 is 2.00 bits per heavy atom. The van der Waals surface area contributed by atoms with Gasteiger partial charge in [0.15, 0.2) is 0 Å². The van der Waals surface area contributed by atoms with Crippen LogP contribution < -0.4 is 5.73 Å². The van der Waals surface area contributed by atoms with Gasteiger partial charge < -0.3 is 5.73 Å². The molecule has 0 aromatic heterocycles. The average Bonchev–Trinajstić information content (AvgIpc) is 2.10. The first kappa shape index (κ1) is 10.8. The van der Waals surface area contributed by atoms with Crippen molar-refractivity contribution in [2.45, 2.75) is 12.8 Å². The molecule has 1 nitrogen and oxygen atoms in total. The number of halogens is 3. The van der Waals surface area contributed by atoms with E-state index >= 15 is 0 Å². The van der Waals surface area contributed by atoms with Gasteiger partial charge in [-0.05, 0) is 30.2 Å². The number of hydrogen-bond donors (Lipinski definition) is 1. The van der Waals surface area contributed by atoms with Crippen molar-refractivity contribution in [3.05, 3.63) is 33.6 Å². The molecule has 13 heavy (non-hydrogen) atoms. The minimum Gasteiger partial charge on any atom is -0.330 e. The van der Waals surface area contributed by atoms with Gasteiger partial charge in [0, 0.05) is 5.02 Å². The lowest BCUT2D eigenvalue weighted by molar-refractivity contribution is 0.622. The van der Waals surface area contributed by atoms with Gasteiger partial charge in [-0.25, -0.2) is 4.39 Å². The van der Waals surface area contributed by atoms with E-state index in [9.17, 15) is 4.39 Å². The van der Waals surface area contributed by atoms with E-state index in [4.69, 9.17) is 28.9 Å². The fourth-order valence-corrected chi connectivity index (χ4v) is 1.61. The second-order valence-corrected chi connectivity index (χ2v) is 3.74. The van der Waals surface area contributed by atoms with Gasteiger partial charge in [-0.15, -0.1) is 0 Å². The van der Waals surface area contributed by atoms with Crippen LogP contribution in [-0.2, 0) is 0 Å². The van der Waals surface area contributed by atoms with Gasteiger partial charge in [0.25, 0.3) is 0 Å². The highest BCUT2D eigenvalue weighted by atomic mass is 35.5. The largest absolute Gasteiger partial charge is 0.330 e. The van der Waals surface area contributed by atoms with Crippen LogP contribution in [0.15, 0.2) is 12.1 Å². The average molecular weight is 222 g/mol. The van der Waals surface area contributed by atoms with Crippen LogP contribution in [-0.4, -0.2) is 6.54 Å². The molecule has 0 heterocycles. The Balaban J connectivity index is 3.15. The standard InChI is InChI=1S/C9H10Cl2FN/c1-5(4-13)6-2-9(12)8(11)3-7(6)10/h2-3,5H,4,13H2,1H3. The van der Waals surface area contributed by atoms with Gasteiger partial charge >= 0.3 is 0 Å². The topological polar surface area (TPSA) is 26.0 Å². The highest BCUT2D eigenvalue weighted by Crippen LogP contribution is 2.28. The van der Waals surface area contributed by atoms with Crippen LogP contribution >= 0.6 is 23.2 Å². The first-order valence-electron chi connectivity index (χ1n) is 3.90. The summed E-state index contributed by atoms with van der Waals surface area (Å²) in [5.41, 5.74) is 6.15. The molecule has 0 aliphatic carbocycles. The molecule has 1 unspecified atom stereocenters. The van der Waals surface area contributed by atoms with Crippen LogP contribution in [0.4, 0.5) is 4.39 Å². The van der Waals surface area contributed by atoms with E-state index in [0.29, 0.717) is 17.1 Å². The van der Waals surface area contributed by atoms with E-state index < -0.39 is 5.82 Å². The number of hydrogen-bond acceptors (Lipinski definition) is 1. The molecule has 1 atom stereocenters. The number of rotatable bonds is 2. The molecule has 0 aliphatic rings. The van der Waals surface area contributed by atoms with Crippen molar-refractivity contribution in [2.24, 2.45) is 5.73 Å². The Kier molecular flexibility index (Phi) is 3.54. The summed E-state index contributed by atoms with van der Waals surface area (Å²) in [6.07, 6.45) is 0. The normalized spacial score (nSPS) is 13.0. The summed E-state index contributed by atoms with van der Waals surface area (Å²) >= 11 is 11.4. The molecule has 0 fully saturated rings. The number of benzene rings is 1. The second kappa shape index (κ2) is 4.27. The maximum atomic E-state index is 13.0. The maximum Gasteiger partial charge on any atom is 0.142 e. The third-order valence-corrected chi connectivity index (χ3v) is 2.54. The van der Waals surface area contributed by atoms with Crippen molar-refractivity contribution in [3.63, 3.8) is 0 Å². The zero-order valence-electron chi connectivity index (χ0n) is 7.15. The summed E-state index contributed by atoms with van der Waals surface area (Å²) in [5, 5.41) is 0.502. The molecule has 1 aromatic carbocycles. The quantitative estimate of drug-likeness (QED) is 0.764. The van der Waals surface area contributed by atoms with E-state index in [2.05, 4.69) is 0 Å². The molecule has 1 rings (SSSR count). The molecule has 0 aliphatic heterocycles. The zero-order valence-corrected chi connectivity index (χ0v) is 8.66. The minimum atomic E-state index is -0.457. The van der Waals surface area contributed by atoms with Gasteiger partial charge in [0.05, 0.1) is 5.02 Å². The summed E-state index contributed by atoms with van der Waals surface area (Å²) in [4.78, 5) is 0. The Labute approximate surface area is 86.6 Å². The predicted molar refractivity (Wildman–Crippen MR) is 53.9 cm³/mol. The molecule has 1 aromatic rings. The first-order valence-corrected chi connectivity index (χ1v) is 4.66. The summed E-state index contributed by atoms with van der Waals surface area (Å²) in [6.45, 7) is 2.31. The molecule has 72 valence electrons. The van der Waals surface area contributed by atoms with E-state index in [1.165, 1.54) is 12.1 Å². The van der Waals surface area contributed by atoms with Crippen molar-refractivity contribution in [1.82, 2.24) is 0 Å². The lowest BCUT2D eigenvalue weighted by Crippen LogP contribution is -2.09. The molecular formula is C9H10Cl2FN. The molecule has 0 saturated carbocycles. The van der Waals surface area contributed by atoms with Crippen molar-refractivity contribution >= 4 is 23.2 Å². The third kappa shape index (κ3) is 2.33. The smallest absolute Gasteiger partial charge is 0.142 e. The van der Waals surface area contributed by atoms with E-state index in [1.807, 2.05) is 6.92 Å². The molecular weight excluding hydrogens is 212 g/mol. The maximum absolute atomic E-state index is 13.0. The highest BCUT2D eigenvalue weighted by Gasteiger charge is 2.11. The lowest BCUT2D eigenvalue weighted by Gasteiger charge is -2.11. The van der Waals surface area contributed by atoms with Crippen molar-refractivity contribution < 1.29 is 4.39 Å². The molecule has 4 heteroatoms. The van der Waals surface area contributed by atoms with Crippen LogP contribution in [0, 0.1) is 5.82 Å². The van der Waals surface area contributed by atoms with Crippen molar-refractivity contribution in [2.75, 3.05) is 6.54 Å². The van der Waals surface area contributed by atoms with Crippen LogP contribution in [0.2, 0.25) is 10.0 Å². The van der Waals surface area contributed by atoms with E-state index in [1.54, 1.807) is 0 Å². The van der Waals surface area contributed by atoms with Crippen LogP contribution in [0.1, 0.15) is 18.4 Å². The minimum absolute atomic E-state index is 0.0398.